The van der Waals surface area contributed by atoms with Crippen molar-refractivity contribution in [3.8, 4) is 0 Å². The first-order valence-corrected chi connectivity index (χ1v) is 5.59. The highest BCUT2D eigenvalue weighted by Gasteiger charge is 2.18. The van der Waals surface area contributed by atoms with Crippen LogP contribution >= 0.6 is 0 Å². The summed E-state index contributed by atoms with van der Waals surface area (Å²) in [6.45, 7) is 2.01. The Morgan fingerprint density at radius 2 is 2.27 bits per heavy atom. The summed E-state index contributed by atoms with van der Waals surface area (Å²) >= 11 is 0. The van der Waals surface area contributed by atoms with Gasteiger partial charge in [-0.15, -0.1) is 0 Å². The van der Waals surface area contributed by atoms with E-state index in [1.165, 1.54) is 16.8 Å². The van der Waals surface area contributed by atoms with Gasteiger partial charge in [0, 0.05) is 30.8 Å². The molecule has 15 heavy (non-hydrogen) atoms. The third kappa shape index (κ3) is 1.53. The molecule has 0 aromatic carbocycles. The predicted molar refractivity (Wildman–Crippen MR) is 60.3 cm³/mol. The highest BCUT2D eigenvalue weighted by molar-refractivity contribution is 5.74. The number of fused-ring (bicyclic) bond motifs is 1. The van der Waals surface area contributed by atoms with E-state index in [0.29, 0.717) is 0 Å². The van der Waals surface area contributed by atoms with E-state index in [1.54, 1.807) is 0 Å². The van der Waals surface area contributed by atoms with Crippen LogP contribution < -0.4 is 5.32 Å². The van der Waals surface area contributed by atoms with Gasteiger partial charge in [-0.2, -0.15) is 5.10 Å². The summed E-state index contributed by atoms with van der Waals surface area (Å²) in [5.74, 6) is 0. The third-order valence-corrected chi connectivity index (χ3v) is 3.07. The molecule has 3 heteroatoms. The number of rotatable bonds is 1. The van der Waals surface area contributed by atoms with Crippen LogP contribution in [0.15, 0.2) is 18.2 Å². The predicted octanol–water partition coefficient (Wildman–Crippen LogP) is 1.79. The van der Waals surface area contributed by atoms with Gasteiger partial charge in [-0.25, -0.2) is 0 Å². The SMILES string of the molecule is C1=CC(c2n[nH]c3c2CNCC3)=CCC1. The molecule has 0 saturated carbocycles. The lowest BCUT2D eigenvalue weighted by Crippen LogP contribution is -2.23. The molecule has 0 unspecified atom stereocenters. The molecule has 0 fully saturated rings. The second kappa shape index (κ2) is 3.66. The van der Waals surface area contributed by atoms with Crippen LogP contribution in [0.5, 0.6) is 0 Å². The van der Waals surface area contributed by atoms with E-state index in [0.717, 1.165) is 38.0 Å². The maximum atomic E-state index is 4.44. The van der Waals surface area contributed by atoms with Crippen molar-refractivity contribution in [3.05, 3.63) is 35.2 Å². The van der Waals surface area contributed by atoms with Crippen molar-refractivity contribution in [3.63, 3.8) is 0 Å². The van der Waals surface area contributed by atoms with E-state index in [-0.39, 0.29) is 0 Å². The molecule has 2 heterocycles. The van der Waals surface area contributed by atoms with Crippen molar-refractivity contribution >= 4 is 5.57 Å². The summed E-state index contributed by atoms with van der Waals surface area (Å²) in [5, 5.41) is 11.0. The molecule has 3 rings (SSSR count). The number of aromatic amines is 1. The quantitative estimate of drug-likeness (QED) is 0.727. The monoisotopic (exact) mass is 201 g/mol. The van der Waals surface area contributed by atoms with Gasteiger partial charge in [0.05, 0.1) is 5.69 Å². The second-order valence-electron chi connectivity index (χ2n) is 4.10. The molecule has 0 atom stereocenters. The molecule has 2 aliphatic rings. The summed E-state index contributed by atoms with van der Waals surface area (Å²) in [4.78, 5) is 0. The summed E-state index contributed by atoms with van der Waals surface area (Å²) < 4.78 is 0. The van der Waals surface area contributed by atoms with Gasteiger partial charge in [-0.1, -0.05) is 18.2 Å². The summed E-state index contributed by atoms with van der Waals surface area (Å²) in [7, 11) is 0. The van der Waals surface area contributed by atoms with Crippen LogP contribution in [0, 0.1) is 0 Å². The molecular formula is C12H15N3. The first kappa shape index (κ1) is 8.92. The van der Waals surface area contributed by atoms with Gasteiger partial charge in [-0.05, 0) is 18.4 Å². The van der Waals surface area contributed by atoms with E-state index in [4.69, 9.17) is 0 Å². The standard InChI is InChI=1S/C12H15N3/c1-2-4-9(5-3-1)12-10-8-13-7-6-11(10)14-15-12/h2,4-5,13H,1,3,6-8H2,(H,14,15). The minimum atomic E-state index is 0.951. The molecule has 0 amide bonds. The molecule has 1 aliphatic carbocycles. The Labute approximate surface area is 89.3 Å². The Morgan fingerprint density at radius 3 is 3.13 bits per heavy atom. The minimum Gasteiger partial charge on any atom is -0.312 e. The van der Waals surface area contributed by atoms with Crippen LogP contribution in [0.25, 0.3) is 5.57 Å². The molecule has 3 nitrogen and oxygen atoms in total. The van der Waals surface area contributed by atoms with Crippen molar-refractivity contribution in [2.45, 2.75) is 25.8 Å². The van der Waals surface area contributed by atoms with Crippen LogP contribution in [-0.2, 0) is 13.0 Å². The van der Waals surface area contributed by atoms with Crippen LogP contribution in [0.1, 0.15) is 29.8 Å². The van der Waals surface area contributed by atoms with Crippen LogP contribution in [0.3, 0.4) is 0 Å². The Morgan fingerprint density at radius 1 is 1.27 bits per heavy atom. The zero-order valence-corrected chi connectivity index (χ0v) is 8.71. The smallest absolute Gasteiger partial charge is 0.0965 e. The molecule has 78 valence electrons. The van der Waals surface area contributed by atoms with E-state index in [1.807, 2.05) is 0 Å². The number of H-pyrrole nitrogens is 1. The number of allylic oxidation sites excluding steroid dienone is 4. The third-order valence-electron chi connectivity index (χ3n) is 3.07. The van der Waals surface area contributed by atoms with Crippen molar-refractivity contribution < 1.29 is 0 Å². The molecule has 1 aromatic rings. The summed E-state index contributed by atoms with van der Waals surface area (Å²) in [6, 6.07) is 0. The first-order chi connectivity index (χ1) is 7.45. The highest BCUT2D eigenvalue weighted by Crippen LogP contribution is 2.25. The lowest BCUT2D eigenvalue weighted by molar-refractivity contribution is 0.636. The Balaban J connectivity index is 2.01. The van der Waals surface area contributed by atoms with E-state index < -0.39 is 0 Å². The van der Waals surface area contributed by atoms with Crippen molar-refractivity contribution in [2.75, 3.05) is 6.54 Å². The average molecular weight is 201 g/mol. The fourth-order valence-electron chi connectivity index (χ4n) is 2.25. The van der Waals surface area contributed by atoms with Crippen LogP contribution in [0.2, 0.25) is 0 Å². The number of nitrogens with zero attached hydrogens (tertiary/aromatic N) is 1. The average Bonchev–Trinajstić information content (AvgIpc) is 2.74. The first-order valence-electron chi connectivity index (χ1n) is 5.59. The highest BCUT2D eigenvalue weighted by atomic mass is 15.1. The van der Waals surface area contributed by atoms with E-state index in [9.17, 15) is 0 Å². The molecule has 1 aromatic heterocycles. The largest absolute Gasteiger partial charge is 0.312 e. The van der Waals surface area contributed by atoms with Gasteiger partial charge >= 0.3 is 0 Å². The summed E-state index contributed by atoms with van der Waals surface area (Å²) in [6.07, 6.45) is 10.1. The Bertz CT molecular complexity index is 426. The van der Waals surface area contributed by atoms with Gasteiger partial charge in [-0.3, -0.25) is 5.10 Å². The molecule has 1 aliphatic heterocycles. The molecule has 2 N–H and O–H groups in total. The van der Waals surface area contributed by atoms with Crippen LogP contribution in [0.4, 0.5) is 0 Å². The molecule has 0 saturated heterocycles. The zero-order valence-electron chi connectivity index (χ0n) is 8.71. The van der Waals surface area contributed by atoms with Crippen LogP contribution in [-0.4, -0.2) is 16.7 Å². The molecule has 0 spiro atoms. The topological polar surface area (TPSA) is 40.7 Å². The lowest BCUT2D eigenvalue weighted by atomic mass is 9.98. The number of aromatic nitrogens is 2. The lowest BCUT2D eigenvalue weighted by Gasteiger charge is -2.14. The molecule has 0 radical (unpaired) electrons. The van der Waals surface area contributed by atoms with Crippen molar-refractivity contribution in [1.29, 1.82) is 0 Å². The fourth-order valence-corrected chi connectivity index (χ4v) is 2.25. The normalized spacial score (nSPS) is 19.9. The maximum absolute atomic E-state index is 4.44. The summed E-state index contributed by atoms with van der Waals surface area (Å²) in [5.41, 5.74) is 5.10. The number of nitrogens with one attached hydrogen (secondary N) is 2. The number of hydrogen-bond donors (Lipinski definition) is 2. The fraction of sp³-hybridized carbons (Fsp3) is 0.417. The van der Waals surface area contributed by atoms with Gasteiger partial charge in [0.1, 0.15) is 0 Å². The Kier molecular flexibility index (Phi) is 2.18. The zero-order chi connectivity index (χ0) is 10.1. The van der Waals surface area contributed by atoms with Gasteiger partial charge in [0.15, 0.2) is 0 Å². The van der Waals surface area contributed by atoms with Crippen molar-refractivity contribution in [1.82, 2.24) is 15.5 Å². The van der Waals surface area contributed by atoms with E-state index >= 15 is 0 Å². The van der Waals surface area contributed by atoms with Gasteiger partial charge in [0.25, 0.3) is 0 Å². The van der Waals surface area contributed by atoms with E-state index in [2.05, 4.69) is 33.7 Å². The number of hydrogen-bond acceptors (Lipinski definition) is 2. The second-order valence-corrected chi connectivity index (χ2v) is 4.10. The molecular weight excluding hydrogens is 186 g/mol. The minimum absolute atomic E-state index is 0.951. The van der Waals surface area contributed by atoms with Gasteiger partial charge < -0.3 is 5.32 Å². The molecule has 0 bridgehead atoms. The maximum Gasteiger partial charge on any atom is 0.0965 e. The Hall–Kier alpha value is -1.35. The van der Waals surface area contributed by atoms with Crippen molar-refractivity contribution in [2.24, 2.45) is 0 Å². The van der Waals surface area contributed by atoms with Gasteiger partial charge in [0.2, 0.25) is 0 Å².